The van der Waals surface area contributed by atoms with E-state index in [9.17, 15) is 9.59 Å². The Bertz CT molecular complexity index is 611. The maximum atomic E-state index is 11.9. The van der Waals surface area contributed by atoms with Gasteiger partial charge in [-0.05, 0) is 49.9 Å². The van der Waals surface area contributed by atoms with Gasteiger partial charge in [0.05, 0.1) is 12.7 Å². The average Bonchev–Trinajstić information content (AvgIpc) is 2.63. The van der Waals surface area contributed by atoms with Gasteiger partial charge in [-0.25, -0.2) is 0 Å². The number of nitrogens with one attached hydrogen (secondary N) is 2. The van der Waals surface area contributed by atoms with Crippen LogP contribution in [0, 0.1) is 5.92 Å². The van der Waals surface area contributed by atoms with Gasteiger partial charge in [0.1, 0.15) is 12.4 Å². The van der Waals surface area contributed by atoms with Crippen LogP contribution in [0.3, 0.4) is 0 Å². The molecule has 8 heteroatoms. The molecule has 1 aliphatic rings. The van der Waals surface area contributed by atoms with Crippen LogP contribution in [0.25, 0.3) is 0 Å². The summed E-state index contributed by atoms with van der Waals surface area (Å²) in [4.78, 5) is 23.8. The number of methoxy groups -OCH3 is 1. The zero-order chi connectivity index (χ0) is 19.6. The Morgan fingerprint density at radius 3 is 2.56 bits per heavy atom. The van der Waals surface area contributed by atoms with Crippen LogP contribution in [0.5, 0.6) is 5.75 Å². The number of rotatable bonds is 11. The van der Waals surface area contributed by atoms with E-state index in [4.69, 9.17) is 25.8 Å². The molecule has 0 radical (unpaired) electrons. The van der Waals surface area contributed by atoms with E-state index in [0.717, 1.165) is 12.8 Å². The second-order valence-electron chi connectivity index (χ2n) is 6.64. The van der Waals surface area contributed by atoms with Crippen molar-refractivity contribution in [3.8, 4) is 5.75 Å². The van der Waals surface area contributed by atoms with Gasteiger partial charge >= 0.3 is 0 Å². The van der Waals surface area contributed by atoms with Crippen molar-refractivity contribution in [1.29, 1.82) is 0 Å². The van der Waals surface area contributed by atoms with Crippen molar-refractivity contribution in [2.24, 2.45) is 5.92 Å². The van der Waals surface area contributed by atoms with Gasteiger partial charge < -0.3 is 24.8 Å². The van der Waals surface area contributed by atoms with E-state index in [1.165, 1.54) is 0 Å². The predicted octanol–water partition coefficient (Wildman–Crippen LogP) is 1.78. The second kappa shape index (κ2) is 11.1. The van der Waals surface area contributed by atoms with Gasteiger partial charge in [-0.1, -0.05) is 11.6 Å². The smallest absolute Gasteiger partial charge is 0.257 e. The molecule has 27 heavy (non-hydrogen) atoms. The zero-order valence-corrected chi connectivity index (χ0v) is 16.5. The van der Waals surface area contributed by atoms with E-state index in [1.807, 2.05) is 6.92 Å². The largest absolute Gasteiger partial charge is 0.484 e. The lowest BCUT2D eigenvalue weighted by Gasteiger charge is -2.37. The number of hydrogen-bond acceptors (Lipinski definition) is 5. The van der Waals surface area contributed by atoms with E-state index < -0.39 is 0 Å². The van der Waals surface area contributed by atoms with Gasteiger partial charge in [0, 0.05) is 24.7 Å². The first-order valence-electron chi connectivity index (χ1n) is 9.03. The first-order valence-corrected chi connectivity index (χ1v) is 9.40. The topological polar surface area (TPSA) is 85.9 Å². The minimum Gasteiger partial charge on any atom is -0.484 e. The van der Waals surface area contributed by atoms with Gasteiger partial charge in [-0.15, -0.1) is 0 Å². The number of ether oxygens (including phenoxy) is 3. The molecule has 2 amide bonds. The fourth-order valence-electron chi connectivity index (χ4n) is 2.73. The minimum atomic E-state index is -0.196. The van der Waals surface area contributed by atoms with Crippen LogP contribution in [-0.2, 0) is 19.1 Å². The number of halogens is 1. The highest BCUT2D eigenvalue weighted by atomic mass is 35.5. The molecule has 0 bridgehead atoms. The van der Waals surface area contributed by atoms with E-state index in [2.05, 4.69) is 10.6 Å². The van der Waals surface area contributed by atoms with Gasteiger partial charge in [-0.2, -0.15) is 0 Å². The zero-order valence-electron chi connectivity index (χ0n) is 15.7. The van der Waals surface area contributed by atoms with Crippen LogP contribution < -0.4 is 15.4 Å². The summed E-state index contributed by atoms with van der Waals surface area (Å²) in [7, 11) is 1.59. The standard InChI is InChI=1S/C19H27ClN2O5/c1-13(10-25-2)26-12-19(24)22-17-8-3-14(17)9-21-18(23)11-27-16-6-4-15(20)5-7-16/h4-7,13-14,17H,3,8-12H2,1-2H3,(H,21,23)(H,22,24). The highest BCUT2D eigenvalue weighted by Gasteiger charge is 2.32. The molecule has 0 aliphatic heterocycles. The van der Waals surface area contributed by atoms with Crippen molar-refractivity contribution in [3.63, 3.8) is 0 Å². The van der Waals surface area contributed by atoms with Crippen LogP contribution >= 0.6 is 11.6 Å². The molecule has 0 aromatic heterocycles. The molecule has 1 saturated carbocycles. The summed E-state index contributed by atoms with van der Waals surface area (Å²) in [6, 6.07) is 6.90. The molecular weight excluding hydrogens is 372 g/mol. The molecule has 2 N–H and O–H groups in total. The van der Waals surface area contributed by atoms with Gasteiger partial charge in [0.25, 0.3) is 5.91 Å². The Morgan fingerprint density at radius 2 is 1.93 bits per heavy atom. The van der Waals surface area contributed by atoms with E-state index >= 15 is 0 Å². The maximum Gasteiger partial charge on any atom is 0.257 e. The minimum absolute atomic E-state index is 0.00897. The number of benzene rings is 1. The molecule has 0 saturated heterocycles. The van der Waals surface area contributed by atoms with Crippen molar-refractivity contribution in [3.05, 3.63) is 29.3 Å². The van der Waals surface area contributed by atoms with Crippen molar-refractivity contribution in [2.75, 3.05) is 33.5 Å². The Balaban J connectivity index is 1.60. The Kier molecular flexibility index (Phi) is 8.84. The predicted molar refractivity (Wildman–Crippen MR) is 102 cm³/mol. The SMILES string of the molecule is COCC(C)OCC(=O)NC1CCC1CNC(=O)COc1ccc(Cl)cc1. The van der Waals surface area contributed by atoms with Gasteiger partial charge in [0.2, 0.25) is 5.91 Å². The van der Waals surface area contributed by atoms with Crippen LogP contribution in [0.2, 0.25) is 5.02 Å². The first-order chi connectivity index (χ1) is 13.0. The molecule has 1 aliphatic carbocycles. The Hall–Kier alpha value is -1.83. The highest BCUT2D eigenvalue weighted by molar-refractivity contribution is 6.30. The normalized spacial score (nSPS) is 19.7. The van der Waals surface area contributed by atoms with E-state index in [-0.39, 0.29) is 43.1 Å². The third-order valence-corrected chi connectivity index (χ3v) is 4.66. The monoisotopic (exact) mass is 398 g/mol. The molecule has 1 aromatic rings. The molecular formula is C19H27ClN2O5. The molecule has 7 nitrogen and oxygen atoms in total. The first kappa shape index (κ1) is 21.5. The van der Waals surface area contributed by atoms with Crippen LogP contribution in [-0.4, -0.2) is 57.4 Å². The lowest BCUT2D eigenvalue weighted by atomic mass is 9.79. The number of carbonyl (C=O) groups excluding carboxylic acids is 2. The summed E-state index contributed by atoms with van der Waals surface area (Å²) in [6.07, 6.45) is 1.74. The quantitative estimate of drug-likeness (QED) is 0.593. The second-order valence-corrected chi connectivity index (χ2v) is 7.07. The van der Waals surface area contributed by atoms with Crippen LogP contribution in [0.4, 0.5) is 0 Å². The van der Waals surface area contributed by atoms with Gasteiger partial charge in [-0.3, -0.25) is 9.59 Å². The average molecular weight is 399 g/mol. The fraction of sp³-hybridized carbons (Fsp3) is 0.579. The highest BCUT2D eigenvalue weighted by Crippen LogP contribution is 2.26. The van der Waals surface area contributed by atoms with Crippen molar-refractivity contribution in [2.45, 2.75) is 31.9 Å². The molecule has 3 atom stereocenters. The fourth-order valence-corrected chi connectivity index (χ4v) is 2.85. The summed E-state index contributed by atoms with van der Waals surface area (Å²) in [5, 5.41) is 6.41. The number of carbonyl (C=O) groups is 2. The van der Waals surface area contributed by atoms with E-state index in [0.29, 0.717) is 23.9 Å². The number of hydrogen-bond donors (Lipinski definition) is 2. The summed E-state index contributed by atoms with van der Waals surface area (Å²) < 4.78 is 15.8. The lowest BCUT2D eigenvalue weighted by molar-refractivity contribution is -0.130. The molecule has 2 rings (SSSR count). The van der Waals surface area contributed by atoms with Crippen LogP contribution in [0.1, 0.15) is 19.8 Å². The molecule has 3 unspecified atom stereocenters. The third kappa shape index (κ3) is 7.74. The van der Waals surface area contributed by atoms with Crippen molar-refractivity contribution >= 4 is 23.4 Å². The molecule has 0 spiro atoms. The van der Waals surface area contributed by atoms with E-state index in [1.54, 1.807) is 31.4 Å². The molecule has 150 valence electrons. The Morgan fingerprint density at radius 1 is 1.19 bits per heavy atom. The summed E-state index contributed by atoms with van der Waals surface area (Å²) in [5.74, 6) is 0.472. The molecule has 1 fully saturated rings. The van der Waals surface area contributed by atoms with Crippen molar-refractivity contribution < 1.29 is 23.8 Å². The van der Waals surface area contributed by atoms with Crippen LogP contribution in [0.15, 0.2) is 24.3 Å². The molecule has 1 aromatic carbocycles. The maximum absolute atomic E-state index is 11.9. The summed E-state index contributed by atoms with van der Waals surface area (Å²) in [6.45, 7) is 2.76. The number of amides is 2. The third-order valence-electron chi connectivity index (χ3n) is 4.41. The Labute approximate surface area is 164 Å². The molecule has 0 heterocycles. The summed E-state index contributed by atoms with van der Waals surface area (Å²) >= 11 is 5.80. The van der Waals surface area contributed by atoms with Crippen molar-refractivity contribution in [1.82, 2.24) is 10.6 Å². The summed E-state index contributed by atoms with van der Waals surface area (Å²) in [5.41, 5.74) is 0. The lowest BCUT2D eigenvalue weighted by Crippen LogP contribution is -2.52. The van der Waals surface area contributed by atoms with Gasteiger partial charge in [0.15, 0.2) is 6.61 Å².